The molecule has 2 aromatic heterocycles. The number of ether oxygens (including phenoxy) is 1. The molecule has 0 aliphatic carbocycles. The molecular weight excluding hydrogens is 332 g/mol. The first-order valence-electron chi connectivity index (χ1n) is 7.19. The van der Waals surface area contributed by atoms with Crippen molar-refractivity contribution in [1.29, 1.82) is 0 Å². The molecule has 6 heteroatoms. The Kier molecular flexibility index (Phi) is 4.88. The number of hydrogen-bond donors (Lipinski definition) is 0. The van der Waals surface area contributed by atoms with Crippen molar-refractivity contribution in [2.75, 3.05) is 6.61 Å². The largest absolute Gasteiger partial charge is 0.461 e. The second-order valence-electron chi connectivity index (χ2n) is 4.86. The molecule has 3 rings (SSSR count). The van der Waals surface area contributed by atoms with E-state index in [1.807, 2.05) is 30.5 Å². The lowest BCUT2D eigenvalue weighted by Gasteiger charge is -2.07. The maximum atomic E-state index is 12.0. The van der Waals surface area contributed by atoms with Crippen LogP contribution in [0.15, 0.2) is 53.7 Å². The van der Waals surface area contributed by atoms with Gasteiger partial charge < -0.3 is 4.74 Å². The predicted molar refractivity (Wildman–Crippen MR) is 92.2 cm³/mol. The van der Waals surface area contributed by atoms with Gasteiger partial charge in [-0.2, -0.15) is 0 Å². The fourth-order valence-corrected chi connectivity index (χ4v) is 3.43. The number of pyridine rings is 1. The highest BCUT2D eigenvalue weighted by Crippen LogP contribution is 2.28. The predicted octanol–water partition coefficient (Wildman–Crippen LogP) is 4.46. The fourth-order valence-electron chi connectivity index (χ4n) is 2.20. The van der Waals surface area contributed by atoms with Crippen LogP contribution < -0.4 is 0 Å². The molecule has 1 aromatic carbocycles. The van der Waals surface area contributed by atoms with Crippen LogP contribution in [0.25, 0.3) is 5.65 Å². The highest BCUT2D eigenvalue weighted by Gasteiger charge is 2.15. The second kappa shape index (κ2) is 7.06. The van der Waals surface area contributed by atoms with E-state index in [2.05, 4.69) is 17.1 Å². The summed E-state index contributed by atoms with van der Waals surface area (Å²) in [5.74, 6) is 0.424. The SMILES string of the molecule is CCOC(=O)c1cnc2c(Cl)cc(SCc3ccccc3)cn12. The number of carbonyl (C=O) groups is 1. The van der Waals surface area contributed by atoms with E-state index >= 15 is 0 Å². The van der Waals surface area contributed by atoms with Crippen LogP contribution in [0.4, 0.5) is 0 Å². The number of fused-ring (bicyclic) bond motifs is 1. The maximum Gasteiger partial charge on any atom is 0.356 e. The number of esters is 1. The van der Waals surface area contributed by atoms with Gasteiger partial charge in [0.25, 0.3) is 0 Å². The van der Waals surface area contributed by atoms with Crippen LogP contribution in [-0.4, -0.2) is 22.0 Å². The van der Waals surface area contributed by atoms with E-state index in [4.69, 9.17) is 16.3 Å². The summed E-state index contributed by atoms with van der Waals surface area (Å²) in [7, 11) is 0. The van der Waals surface area contributed by atoms with Crippen molar-refractivity contribution < 1.29 is 9.53 Å². The minimum Gasteiger partial charge on any atom is -0.461 e. The molecule has 0 N–H and O–H groups in total. The minimum atomic E-state index is -0.402. The number of carbonyl (C=O) groups excluding carboxylic acids is 1. The number of aromatic nitrogens is 2. The molecule has 0 radical (unpaired) electrons. The number of nitrogens with zero attached hydrogens (tertiary/aromatic N) is 2. The Morgan fingerprint density at radius 2 is 2.13 bits per heavy atom. The number of hydrogen-bond acceptors (Lipinski definition) is 4. The second-order valence-corrected chi connectivity index (χ2v) is 6.31. The van der Waals surface area contributed by atoms with E-state index in [1.165, 1.54) is 11.8 Å². The third-order valence-corrected chi connectivity index (χ3v) is 4.58. The van der Waals surface area contributed by atoms with Crippen LogP contribution in [0.3, 0.4) is 0 Å². The van der Waals surface area contributed by atoms with Gasteiger partial charge in [-0.15, -0.1) is 11.8 Å². The van der Waals surface area contributed by atoms with Gasteiger partial charge in [-0.1, -0.05) is 41.9 Å². The summed E-state index contributed by atoms with van der Waals surface area (Å²) in [6.45, 7) is 2.09. The van der Waals surface area contributed by atoms with E-state index in [0.29, 0.717) is 23.0 Å². The molecule has 0 aliphatic heterocycles. The first-order chi connectivity index (χ1) is 11.2. The lowest BCUT2D eigenvalue weighted by molar-refractivity contribution is 0.0518. The first kappa shape index (κ1) is 15.9. The monoisotopic (exact) mass is 346 g/mol. The molecule has 0 spiro atoms. The van der Waals surface area contributed by atoms with Gasteiger partial charge in [-0.05, 0) is 18.6 Å². The molecule has 2 heterocycles. The highest BCUT2D eigenvalue weighted by molar-refractivity contribution is 7.98. The Labute approximate surface area is 143 Å². The number of benzene rings is 1. The zero-order valence-corrected chi connectivity index (χ0v) is 14.1. The summed E-state index contributed by atoms with van der Waals surface area (Å²) in [5, 5.41) is 0.513. The third-order valence-electron chi connectivity index (χ3n) is 3.27. The summed E-state index contributed by atoms with van der Waals surface area (Å²) < 4.78 is 6.74. The fraction of sp³-hybridized carbons (Fsp3) is 0.176. The van der Waals surface area contributed by atoms with Crippen molar-refractivity contribution in [2.45, 2.75) is 17.6 Å². The van der Waals surface area contributed by atoms with Crippen molar-refractivity contribution >= 4 is 35.0 Å². The van der Waals surface area contributed by atoms with Gasteiger partial charge in [0.15, 0.2) is 11.3 Å². The van der Waals surface area contributed by atoms with Crippen LogP contribution in [0, 0.1) is 0 Å². The third kappa shape index (κ3) is 3.51. The van der Waals surface area contributed by atoms with Crippen molar-refractivity contribution in [3.8, 4) is 0 Å². The van der Waals surface area contributed by atoms with Crippen LogP contribution in [0.5, 0.6) is 0 Å². The van der Waals surface area contributed by atoms with Gasteiger partial charge in [0, 0.05) is 16.8 Å². The minimum absolute atomic E-state index is 0.322. The molecule has 0 atom stereocenters. The molecule has 0 aliphatic rings. The molecule has 0 bridgehead atoms. The quantitative estimate of drug-likeness (QED) is 0.505. The number of imidazole rings is 1. The average molecular weight is 347 g/mol. The summed E-state index contributed by atoms with van der Waals surface area (Å²) >= 11 is 7.94. The van der Waals surface area contributed by atoms with Crippen molar-refractivity contribution in [3.63, 3.8) is 0 Å². The van der Waals surface area contributed by atoms with Gasteiger partial charge in [0.05, 0.1) is 17.8 Å². The molecule has 0 saturated carbocycles. The molecule has 118 valence electrons. The Hall–Kier alpha value is -1.98. The van der Waals surface area contributed by atoms with E-state index in [1.54, 1.807) is 23.1 Å². The standard InChI is InChI=1S/C17H15ClN2O2S/c1-2-22-17(21)15-9-19-16-14(18)8-13(10-20(15)16)23-11-12-6-4-3-5-7-12/h3-10H,2,11H2,1H3. The average Bonchev–Trinajstić information content (AvgIpc) is 2.99. The number of rotatable bonds is 5. The van der Waals surface area contributed by atoms with Crippen LogP contribution in [-0.2, 0) is 10.5 Å². The van der Waals surface area contributed by atoms with Crippen LogP contribution in [0.2, 0.25) is 5.02 Å². The first-order valence-corrected chi connectivity index (χ1v) is 8.56. The lowest BCUT2D eigenvalue weighted by Crippen LogP contribution is -2.07. The van der Waals surface area contributed by atoms with Crippen molar-refractivity contribution in [3.05, 3.63) is 65.1 Å². The zero-order chi connectivity index (χ0) is 16.2. The molecule has 0 amide bonds. The lowest BCUT2D eigenvalue weighted by atomic mass is 10.2. The Morgan fingerprint density at radius 3 is 2.87 bits per heavy atom. The summed E-state index contributed by atoms with van der Waals surface area (Å²) in [5.41, 5.74) is 2.16. The molecule has 0 saturated heterocycles. The molecular formula is C17H15ClN2O2S. The van der Waals surface area contributed by atoms with Gasteiger partial charge in [0.1, 0.15) is 0 Å². The Morgan fingerprint density at radius 1 is 1.35 bits per heavy atom. The Balaban J connectivity index is 1.89. The van der Waals surface area contributed by atoms with Gasteiger partial charge in [-0.25, -0.2) is 9.78 Å². The van der Waals surface area contributed by atoms with E-state index in [9.17, 15) is 4.79 Å². The van der Waals surface area contributed by atoms with Crippen LogP contribution in [0.1, 0.15) is 23.0 Å². The normalized spacial score (nSPS) is 10.9. The molecule has 3 aromatic rings. The van der Waals surface area contributed by atoms with E-state index < -0.39 is 5.97 Å². The molecule has 0 unspecified atom stereocenters. The molecule has 23 heavy (non-hydrogen) atoms. The van der Waals surface area contributed by atoms with E-state index in [-0.39, 0.29) is 0 Å². The highest BCUT2D eigenvalue weighted by atomic mass is 35.5. The van der Waals surface area contributed by atoms with Crippen molar-refractivity contribution in [2.24, 2.45) is 0 Å². The van der Waals surface area contributed by atoms with Gasteiger partial charge in [0.2, 0.25) is 0 Å². The smallest absolute Gasteiger partial charge is 0.356 e. The molecule has 4 nitrogen and oxygen atoms in total. The van der Waals surface area contributed by atoms with Crippen LogP contribution >= 0.6 is 23.4 Å². The molecule has 0 fully saturated rings. The maximum absolute atomic E-state index is 12.0. The Bertz CT molecular complexity index is 833. The topological polar surface area (TPSA) is 43.6 Å². The summed E-state index contributed by atoms with van der Waals surface area (Å²) in [6, 6.07) is 12.0. The van der Waals surface area contributed by atoms with Gasteiger partial charge in [-0.3, -0.25) is 4.40 Å². The summed E-state index contributed by atoms with van der Waals surface area (Å²) in [4.78, 5) is 17.2. The van der Waals surface area contributed by atoms with Crippen molar-refractivity contribution in [1.82, 2.24) is 9.38 Å². The number of halogens is 1. The van der Waals surface area contributed by atoms with Gasteiger partial charge >= 0.3 is 5.97 Å². The summed E-state index contributed by atoms with van der Waals surface area (Å²) in [6.07, 6.45) is 3.36. The van der Waals surface area contributed by atoms with E-state index in [0.717, 1.165) is 10.6 Å². The number of thioether (sulfide) groups is 1. The zero-order valence-electron chi connectivity index (χ0n) is 12.5.